The van der Waals surface area contributed by atoms with Gasteiger partial charge in [-0.05, 0) is 38.6 Å². The zero-order chi connectivity index (χ0) is 14.7. The van der Waals surface area contributed by atoms with Gasteiger partial charge in [-0.1, -0.05) is 19.8 Å². The zero-order valence-electron chi connectivity index (χ0n) is 12.5. The number of hydrogen-bond donors (Lipinski definition) is 2. The van der Waals surface area contributed by atoms with Crippen LogP contribution >= 0.6 is 0 Å². The van der Waals surface area contributed by atoms with E-state index in [0.29, 0.717) is 18.8 Å². The van der Waals surface area contributed by atoms with Gasteiger partial charge in [0.25, 0.3) is 0 Å². The first-order chi connectivity index (χ1) is 9.54. The van der Waals surface area contributed by atoms with Crippen LogP contribution in [0.1, 0.15) is 52.4 Å². The molecule has 20 heavy (non-hydrogen) atoms. The number of hydrogen-bond acceptors (Lipinski definition) is 3. The molecule has 0 spiro atoms. The topological polar surface area (TPSA) is 69.6 Å². The van der Waals surface area contributed by atoms with Crippen molar-refractivity contribution in [1.29, 1.82) is 0 Å². The average Bonchev–Trinajstić information content (AvgIpc) is 2.78. The molecule has 4 atom stereocenters. The van der Waals surface area contributed by atoms with Crippen molar-refractivity contribution in [3.8, 4) is 0 Å². The fourth-order valence-electron chi connectivity index (χ4n) is 3.83. The average molecular weight is 282 g/mol. The van der Waals surface area contributed by atoms with Crippen LogP contribution in [-0.4, -0.2) is 46.6 Å². The Kier molecular flexibility index (Phi) is 5.02. The summed E-state index contributed by atoms with van der Waals surface area (Å²) < 4.78 is 0. The maximum Gasteiger partial charge on any atom is 0.326 e. The number of nitrogens with zero attached hydrogens (tertiary/aromatic N) is 1. The molecule has 1 amide bonds. The molecule has 2 rings (SSSR count). The molecular formula is C15H26N2O3. The van der Waals surface area contributed by atoms with E-state index in [1.54, 1.807) is 4.90 Å². The van der Waals surface area contributed by atoms with Crippen molar-refractivity contribution < 1.29 is 14.7 Å². The highest BCUT2D eigenvalue weighted by Crippen LogP contribution is 2.40. The normalized spacial score (nSPS) is 30.9. The summed E-state index contributed by atoms with van der Waals surface area (Å²) in [5, 5.41) is 12.6. The van der Waals surface area contributed by atoms with Gasteiger partial charge >= 0.3 is 5.97 Å². The van der Waals surface area contributed by atoms with E-state index in [9.17, 15) is 14.7 Å². The lowest BCUT2D eigenvalue weighted by Crippen LogP contribution is -2.47. The number of carboxylic acids is 1. The van der Waals surface area contributed by atoms with Gasteiger partial charge in [0.2, 0.25) is 5.91 Å². The molecule has 114 valence electrons. The molecule has 5 nitrogen and oxygen atoms in total. The summed E-state index contributed by atoms with van der Waals surface area (Å²) in [5.74, 6) is -0.452. The molecule has 1 saturated carbocycles. The highest BCUT2D eigenvalue weighted by Gasteiger charge is 2.47. The van der Waals surface area contributed by atoms with E-state index in [1.807, 2.05) is 13.8 Å². The summed E-state index contributed by atoms with van der Waals surface area (Å²) in [6, 6.07) is -0.347. The molecule has 1 aliphatic carbocycles. The molecule has 0 bridgehead atoms. The van der Waals surface area contributed by atoms with Crippen LogP contribution in [-0.2, 0) is 9.59 Å². The zero-order valence-corrected chi connectivity index (χ0v) is 12.5. The van der Waals surface area contributed by atoms with Crippen LogP contribution < -0.4 is 5.32 Å². The van der Waals surface area contributed by atoms with Crippen molar-refractivity contribution in [3.63, 3.8) is 0 Å². The first-order valence-corrected chi connectivity index (χ1v) is 7.82. The van der Waals surface area contributed by atoms with Crippen molar-refractivity contribution >= 4 is 11.9 Å². The Morgan fingerprint density at radius 2 is 2.05 bits per heavy atom. The molecule has 0 radical (unpaired) electrons. The minimum atomic E-state index is -0.844. The second-order valence-electron chi connectivity index (χ2n) is 6.17. The van der Waals surface area contributed by atoms with Crippen LogP contribution in [0.2, 0.25) is 0 Å². The van der Waals surface area contributed by atoms with E-state index in [2.05, 4.69) is 5.32 Å². The Morgan fingerprint density at radius 1 is 1.35 bits per heavy atom. The Balaban J connectivity index is 2.08. The minimum Gasteiger partial charge on any atom is -0.480 e. The van der Waals surface area contributed by atoms with Crippen LogP contribution in [0.5, 0.6) is 0 Å². The highest BCUT2D eigenvalue weighted by atomic mass is 16.4. The van der Waals surface area contributed by atoms with Gasteiger partial charge in [0.1, 0.15) is 6.04 Å². The number of likely N-dealkylation sites (tertiary alicyclic amines) is 1. The number of nitrogens with one attached hydrogen (secondary N) is 1. The summed E-state index contributed by atoms with van der Waals surface area (Å²) in [6.07, 6.45) is 5.35. The fourth-order valence-corrected chi connectivity index (χ4v) is 3.83. The first kappa shape index (κ1) is 15.3. The molecule has 2 aliphatic rings. The third kappa shape index (κ3) is 3.14. The largest absolute Gasteiger partial charge is 0.480 e. The summed E-state index contributed by atoms with van der Waals surface area (Å²) in [6.45, 7) is 4.81. The summed E-state index contributed by atoms with van der Waals surface area (Å²) in [4.78, 5) is 25.7. The lowest BCUT2D eigenvalue weighted by molar-refractivity contribution is -0.150. The number of aliphatic carboxylic acids is 1. The lowest BCUT2D eigenvalue weighted by Gasteiger charge is -2.33. The molecule has 2 fully saturated rings. The van der Waals surface area contributed by atoms with E-state index in [-0.39, 0.29) is 18.0 Å². The van der Waals surface area contributed by atoms with Crippen molar-refractivity contribution in [1.82, 2.24) is 10.2 Å². The van der Waals surface area contributed by atoms with E-state index in [1.165, 1.54) is 6.42 Å². The molecule has 4 unspecified atom stereocenters. The Morgan fingerprint density at radius 3 is 2.70 bits per heavy atom. The number of rotatable bonds is 5. The molecule has 0 aromatic rings. The number of amides is 1. The molecule has 1 saturated heterocycles. The van der Waals surface area contributed by atoms with Gasteiger partial charge in [-0.2, -0.15) is 0 Å². The van der Waals surface area contributed by atoms with E-state index in [0.717, 1.165) is 25.8 Å². The smallest absolute Gasteiger partial charge is 0.326 e. The summed E-state index contributed by atoms with van der Waals surface area (Å²) in [7, 11) is 0. The molecule has 0 aromatic heterocycles. The van der Waals surface area contributed by atoms with Crippen LogP contribution in [0.4, 0.5) is 0 Å². The summed E-state index contributed by atoms with van der Waals surface area (Å²) in [5.41, 5.74) is 0. The third-order valence-electron chi connectivity index (χ3n) is 4.69. The lowest BCUT2D eigenvalue weighted by atomic mass is 9.84. The number of carboxylic acid groups (broad SMARTS) is 1. The van der Waals surface area contributed by atoms with E-state index < -0.39 is 12.0 Å². The van der Waals surface area contributed by atoms with E-state index >= 15 is 0 Å². The van der Waals surface area contributed by atoms with Crippen molar-refractivity contribution in [2.75, 3.05) is 6.54 Å². The number of carbonyl (C=O) groups excluding carboxylic acids is 1. The van der Waals surface area contributed by atoms with Gasteiger partial charge in [-0.25, -0.2) is 4.79 Å². The van der Waals surface area contributed by atoms with Crippen LogP contribution in [0, 0.1) is 5.92 Å². The van der Waals surface area contributed by atoms with Gasteiger partial charge in [-0.15, -0.1) is 0 Å². The maximum atomic E-state index is 12.5. The predicted molar refractivity (Wildman–Crippen MR) is 76.4 cm³/mol. The van der Waals surface area contributed by atoms with Gasteiger partial charge in [0, 0.05) is 18.5 Å². The minimum absolute atomic E-state index is 0.000231. The Bertz CT molecular complexity index is 372. The predicted octanol–water partition coefficient (Wildman–Crippen LogP) is 1.62. The second-order valence-corrected chi connectivity index (χ2v) is 6.17. The van der Waals surface area contributed by atoms with Crippen LogP contribution in [0.15, 0.2) is 0 Å². The molecule has 0 aromatic carbocycles. The van der Waals surface area contributed by atoms with Gasteiger partial charge in [-0.3, -0.25) is 4.79 Å². The van der Waals surface area contributed by atoms with Crippen molar-refractivity contribution in [3.05, 3.63) is 0 Å². The van der Waals surface area contributed by atoms with E-state index in [4.69, 9.17) is 0 Å². The van der Waals surface area contributed by atoms with Gasteiger partial charge in [0.15, 0.2) is 0 Å². The Hall–Kier alpha value is -1.10. The standard InChI is InChI=1S/C15H26N2O3/c1-3-16-10(2)8-14(18)17-12-7-5-4-6-11(12)9-13(17)15(19)20/h10-13,16H,3-9H2,1-2H3,(H,19,20). The molecule has 1 aliphatic heterocycles. The quantitative estimate of drug-likeness (QED) is 0.804. The van der Waals surface area contributed by atoms with Gasteiger partial charge < -0.3 is 15.3 Å². The second kappa shape index (κ2) is 6.57. The van der Waals surface area contributed by atoms with Crippen LogP contribution in [0.3, 0.4) is 0 Å². The third-order valence-corrected chi connectivity index (χ3v) is 4.69. The molecule has 1 heterocycles. The molecule has 2 N–H and O–H groups in total. The van der Waals surface area contributed by atoms with Crippen molar-refractivity contribution in [2.24, 2.45) is 5.92 Å². The molecule has 5 heteroatoms. The number of carbonyl (C=O) groups is 2. The van der Waals surface area contributed by atoms with Crippen molar-refractivity contribution in [2.45, 2.75) is 70.5 Å². The van der Waals surface area contributed by atoms with Gasteiger partial charge in [0.05, 0.1) is 0 Å². The number of fused-ring (bicyclic) bond motifs is 1. The highest BCUT2D eigenvalue weighted by molar-refractivity contribution is 5.85. The fraction of sp³-hybridized carbons (Fsp3) is 0.867. The first-order valence-electron chi connectivity index (χ1n) is 7.82. The summed E-state index contributed by atoms with van der Waals surface area (Å²) >= 11 is 0. The van der Waals surface area contributed by atoms with Crippen LogP contribution in [0.25, 0.3) is 0 Å². The molecular weight excluding hydrogens is 256 g/mol. The monoisotopic (exact) mass is 282 g/mol. The Labute approximate surface area is 120 Å². The maximum absolute atomic E-state index is 12.5. The SMILES string of the molecule is CCNC(C)CC(=O)N1C(C(=O)O)CC2CCCCC21.